The normalized spacial score (nSPS) is 10.9. The maximum absolute atomic E-state index is 12.4. The Hall–Kier alpha value is -3.74. The molecule has 1 aromatic carbocycles. The second-order valence-corrected chi connectivity index (χ2v) is 5.48. The third-order valence-electron chi connectivity index (χ3n) is 3.91. The first-order chi connectivity index (χ1) is 12.1. The van der Waals surface area contributed by atoms with Crippen LogP contribution in [0.3, 0.4) is 0 Å². The van der Waals surface area contributed by atoms with Gasteiger partial charge in [-0.2, -0.15) is 4.99 Å². The van der Waals surface area contributed by atoms with Crippen molar-refractivity contribution in [3.05, 3.63) is 66.6 Å². The fourth-order valence-corrected chi connectivity index (χ4v) is 2.89. The molecule has 1 amide bonds. The minimum absolute atomic E-state index is 0.274. The van der Waals surface area contributed by atoms with E-state index in [9.17, 15) is 4.79 Å². The summed E-state index contributed by atoms with van der Waals surface area (Å²) >= 11 is 0. The van der Waals surface area contributed by atoms with Gasteiger partial charge in [-0.3, -0.25) is 14.3 Å². The first-order valence-electron chi connectivity index (χ1n) is 7.59. The summed E-state index contributed by atoms with van der Waals surface area (Å²) in [5.41, 5.74) is 13.4. The van der Waals surface area contributed by atoms with Gasteiger partial charge in [-0.05, 0) is 36.4 Å². The monoisotopic (exact) mass is 330 g/mol. The molecule has 7 nitrogen and oxygen atoms in total. The van der Waals surface area contributed by atoms with Crippen LogP contribution in [0.1, 0.15) is 10.4 Å². The topological polar surface area (TPSA) is 112 Å². The van der Waals surface area contributed by atoms with Gasteiger partial charge in [0, 0.05) is 29.4 Å². The number of aromatic nitrogens is 3. The number of rotatable bonds is 2. The molecule has 122 valence electrons. The number of nitrogens with two attached hydrogens (primary N) is 2. The molecule has 0 aliphatic rings. The number of nitrogens with zero attached hydrogens (tertiary/aromatic N) is 4. The van der Waals surface area contributed by atoms with Crippen LogP contribution < -0.4 is 11.5 Å². The largest absolute Gasteiger partial charge is 0.370 e. The molecule has 0 saturated heterocycles. The van der Waals surface area contributed by atoms with Crippen LogP contribution in [0, 0.1) is 0 Å². The molecular weight excluding hydrogens is 316 g/mol. The highest BCUT2D eigenvalue weighted by Crippen LogP contribution is 2.27. The Bertz CT molecular complexity index is 1140. The van der Waals surface area contributed by atoms with Gasteiger partial charge in [0.2, 0.25) is 0 Å². The van der Waals surface area contributed by atoms with E-state index >= 15 is 0 Å². The van der Waals surface area contributed by atoms with Crippen molar-refractivity contribution in [1.82, 2.24) is 14.5 Å². The Morgan fingerprint density at radius 3 is 2.52 bits per heavy atom. The van der Waals surface area contributed by atoms with Gasteiger partial charge < -0.3 is 11.5 Å². The Kier molecular flexibility index (Phi) is 3.39. The van der Waals surface area contributed by atoms with E-state index < -0.39 is 5.91 Å². The van der Waals surface area contributed by atoms with E-state index in [1.165, 1.54) is 0 Å². The van der Waals surface area contributed by atoms with Gasteiger partial charge in [-0.1, -0.05) is 6.07 Å². The molecule has 0 radical (unpaired) electrons. The van der Waals surface area contributed by atoms with E-state index in [1.807, 2.05) is 41.0 Å². The zero-order valence-corrected chi connectivity index (χ0v) is 13.1. The van der Waals surface area contributed by atoms with E-state index in [2.05, 4.69) is 15.0 Å². The third-order valence-corrected chi connectivity index (χ3v) is 3.91. The molecule has 3 heterocycles. The number of aliphatic imine (C=N–C) groups is 1. The number of fused-ring (bicyclic) bond motifs is 2. The number of carbonyl (C=O) groups is 1. The molecule has 0 atom stereocenters. The van der Waals surface area contributed by atoms with Crippen LogP contribution in [-0.2, 0) is 0 Å². The molecule has 0 unspecified atom stereocenters. The van der Waals surface area contributed by atoms with E-state index in [4.69, 9.17) is 11.5 Å². The van der Waals surface area contributed by atoms with Crippen molar-refractivity contribution in [2.24, 2.45) is 16.5 Å². The van der Waals surface area contributed by atoms with Crippen molar-refractivity contribution in [2.75, 3.05) is 0 Å². The summed E-state index contributed by atoms with van der Waals surface area (Å²) in [6.07, 6.45) is 5.12. The van der Waals surface area contributed by atoms with Crippen LogP contribution in [0.15, 0.2) is 66.0 Å². The lowest BCUT2D eigenvalue weighted by molar-refractivity contribution is 0.100. The highest BCUT2D eigenvalue weighted by Gasteiger charge is 2.17. The molecule has 0 bridgehead atoms. The van der Waals surface area contributed by atoms with Crippen molar-refractivity contribution in [3.63, 3.8) is 0 Å². The molecule has 4 aromatic rings. The van der Waals surface area contributed by atoms with Crippen molar-refractivity contribution < 1.29 is 4.79 Å². The SMILES string of the molecule is NC(N)=NC(=O)c1cn(-c2cccc3ncccc23)c2ncccc12. The Balaban J connectivity index is 2.03. The van der Waals surface area contributed by atoms with Gasteiger partial charge in [0.1, 0.15) is 5.65 Å². The Morgan fingerprint density at radius 2 is 1.72 bits per heavy atom. The minimum atomic E-state index is -0.505. The summed E-state index contributed by atoms with van der Waals surface area (Å²) in [5, 5.41) is 1.63. The maximum atomic E-state index is 12.4. The van der Waals surface area contributed by atoms with E-state index in [1.54, 1.807) is 24.7 Å². The highest BCUT2D eigenvalue weighted by molar-refractivity contribution is 6.10. The van der Waals surface area contributed by atoms with Gasteiger partial charge in [0.15, 0.2) is 5.96 Å². The molecular formula is C18H14N6O. The standard InChI is InChI=1S/C18H14N6O/c19-18(20)23-17(25)13-10-24(16-11(13)4-2-9-22-16)15-7-1-6-14-12(15)5-3-8-21-14/h1-10H,(H4,19,20,23,25). The van der Waals surface area contributed by atoms with Crippen LogP contribution >= 0.6 is 0 Å². The Labute approximate surface area is 142 Å². The number of guanidine groups is 1. The first kappa shape index (κ1) is 14.8. The molecule has 0 fully saturated rings. The highest BCUT2D eigenvalue weighted by atomic mass is 16.1. The second kappa shape index (κ2) is 5.72. The molecule has 0 aliphatic heterocycles. The maximum Gasteiger partial charge on any atom is 0.282 e. The van der Waals surface area contributed by atoms with Gasteiger partial charge in [-0.15, -0.1) is 0 Å². The number of hydrogen-bond acceptors (Lipinski definition) is 3. The van der Waals surface area contributed by atoms with Crippen LogP contribution in [0.25, 0.3) is 27.6 Å². The molecule has 25 heavy (non-hydrogen) atoms. The van der Waals surface area contributed by atoms with E-state index in [0.717, 1.165) is 16.6 Å². The lowest BCUT2D eigenvalue weighted by Gasteiger charge is -2.08. The minimum Gasteiger partial charge on any atom is -0.370 e. The van der Waals surface area contributed by atoms with Gasteiger partial charge in [0.05, 0.1) is 16.8 Å². The van der Waals surface area contributed by atoms with Gasteiger partial charge in [0.25, 0.3) is 5.91 Å². The predicted octanol–water partition coefficient (Wildman–Crippen LogP) is 1.99. The van der Waals surface area contributed by atoms with E-state index in [0.29, 0.717) is 16.6 Å². The molecule has 0 aliphatic carbocycles. The number of hydrogen-bond donors (Lipinski definition) is 2. The molecule has 0 saturated carbocycles. The molecule has 7 heteroatoms. The van der Waals surface area contributed by atoms with Crippen molar-refractivity contribution >= 4 is 33.8 Å². The third kappa shape index (κ3) is 2.47. The van der Waals surface area contributed by atoms with Crippen LogP contribution in [-0.4, -0.2) is 26.4 Å². The average Bonchev–Trinajstić information content (AvgIpc) is 3.00. The summed E-state index contributed by atoms with van der Waals surface area (Å²) in [6, 6.07) is 13.2. The van der Waals surface area contributed by atoms with Gasteiger partial charge in [-0.25, -0.2) is 4.98 Å². The average molecular weight is 330 g/mol. The lowest BCUT2D eigenvalue weighted by atomic mass is 10.2. The Morgan fingerprint density at radius 1 is 0.960 bits per heavy atom. The van der Waals surface area contributed by atoms with Crippen molar-refractivity contribution in [2.45, 2.75) is 0 Å². The summed E-state index contributed by atoms with van der Waals surface area (Å²) < 4.78 is 1.86. The number of carbonyl (C=O) groups excluding carboxylic acids is 1. The van der Waals surface area contributed by atoms with Crippen LogP contribution in [0.2, 0.25) is 0 Å². The van der Waals surface area contributed by atoms with Gasteiger partial charge >= 0.3 is 0 Å². The first-order valence-corrected chi connectivity index (χ1v) is 7.59. The zero-order valence-electron chi connectivity index (χ0n) is 13.1. The number of pyridine rings is 2. The summed E-state index contributed by atoms with van der Waals surface area (Å²) in [5.74, 6) is -0.778. The fourth-order valence-electron chi connectivity index (χ4n) is 2.89. The van der Waals surface area contributed by atoms with E-state index in [-0.39, 0.29) is 5.96 Å². The quantitative estimate of drug-likeness (QED) is 0.431. The van der Waals surface area contributed by atoms with Crippen LogP contribution in [0.5, 0.6) is 0 Å². The lowest BCUT2D eigenvalue weighted by Crippen LogP contribution is -2.24. The molecule has 4 rings (SSSR count). The number of amides is 1. The number of benzene rings is 1. The fraction of sp³-hybridized carbons (Fsp3) is 0. The van der Waals surface area contributed by atoms with Crippen LogP contribution in [0.4, 0.5) is 0 Å². The smallest absolute Gasteiger partial charge is 0.282 e. The predicted molar refractivity (Wildman–Crippen MR) is 96.5 cm³/mol. The van der Waals surface area contributed by atoms with Crippen molar-refractivity contribution in [3.8, 4) is 5.69 Å². The summed E-state index contributed by atoms with van der Waals surface area (Å²) in [4.78, 5) is 24.8. The zero-order chi connectivity index (χ0) is 17.4. The summed E-state index contributed by atoms with van der Waals surface area (Å²) in [7, 11) is 0. The molecule has 3 aromatic heterocycles. The second-order valence-electron chi connectivity index (χ2n) is 5.48. The molecule has 0 spiro atoms. The van der Waals surface area contributed by atoms with Crippen molar-refractivity contribution in [1.29, 1.82) is 0 Å². The summed E-state index contributed by atoms with van der Waals surface area (Å²) in [6.45, 7) is 0. The molecule has 4 N–H and O–H groups in total.